The lowest BCUT2D eigenvalue weighted by atomic mass is 10.2. The molecule has 1 saturated carbocycles. The van der Waals surface area contributed by atoms with Crippen molar-refractivity contribution in [2.75, 3.05) is 14.1 Å². The molecule has 1 N–H and O–H groups in total. The molecule has 1 nitrogen and oxygen atoms in total. The van der Waals surface area contributed by atoms with Crippen molar-refractivity contribution in [1.82, 2.24) is 5.32 Å². The van der Waals surface area contributed by atoms with Crippen molar-refractivity contribution in [1.29, 1.82) is 0 Å². The van der Waals surface area contributed by atoms with Crippen LogP contribution in [0.4, 0.5) is 0 Å². The second-order valence-electron chi connectivity index (χ2n) is 3.16. The predicted molar refractivity (Wildman–Crippen MR) is 38.0 cm³/mol. The molecule has 50 valence electrons. The molecule has 1 fully saturated rings. The van der Waals surface area contributed by atoms with Crippen molar-refractivity contribution < 1.29 is 0 Å². The first kappa shape index (κ1) is 7.96. The van der Waals surface area contributed by atoms with Gasteiger partial charge in [0.15, 0.2) is 0 Å². The molecule has 0 spiro atoms. The summed E-state index contributed by atoms with van der Waals surface area (Å²) in [5.74, 6) is 0. The van der Waals surface area contributed by atoms with E-state index in [1.807, 2.05) is 14.1 Å². The van der Waals surface area contributed by atoms with Crippen LogP contribution in [-0.4, -0.2) is 14.1 Å². The van der Waals surface area contributed by atoms with Crippen LogP contribution < -0.4 is 5.32 Å². The van der Waals surface area contributed by atoms with Crippen LogP contribution in [-0.2, 0) is 0 Å². The smallest absolute Gasteiger partial charge is 0.0167 e. The Hall–Kier alpha value is -0.0400. The minimum absolute atomic E-state index is 0.750. The van der Waals surface area contributed by atoms with Gasteiger partial charge >= 0.3 is 0 Å². The fourth-order valence-electron chi connectivity index (χ4n) is 0.250. The van der Waals surface area contributed by atoms with Gasteiger partial charge in [-0.25, -0.2) is 0 Å². The van der Waals surface area contributed by atoms with Gasteiger partial charge in [-0.1, -0.05) is 13.8 Å². The number of hydrogen-bond acceptors (Lipinski definition) is 1. The molecule has 1 aliphatic carbocycles. The SMILES string of the molecule is CC1(C)CC1.CNC. The topological polar surface area (TPSA) is 12.0 Å². The van der Waals surface area contributed by atoms with Crippen molar-refractivity contribution in [3.8, 4) is 0 Å². The molecular weight excluding hydrogens is 98.1 g/mol. The highest BCUT2D eigenvalue weighted by atomic mass is 14.7. The molecule has 0 saturated heterocycles. The van der Waals surface area contributed by atoms with E-state index in [0.29, 0.717) is 0 Å². The summed E-state index contributed by atoms with van der Waals surface area (Å²) < 4.78 is 0. The number of hydrogen-bond donors (Lipinski definition) is 1. The maximum atomic E-state index is 2.75. The molecule has 0 atom stereocenters. The maximum Gasteiger partial charge on any atom is -0.0167 e. The Morgan fingerprint density at radius 2 is 1.25 bits per heavy atom. The van der Waals surface area contributed by atoms with Gasteiger partial charge in [-0.2, -0.15) is 0 Å². The van der Waals surface area contributed by atoms with E-state index >= 15 is 0 Å². The molecule has 0 radical (unpaired) electrons. The number of nitrogens with one attached hydrogen (secondary N) is 1. The molecule has 1 aliphatic rings. The van der Waals surface area contributed by atoms with E-state index in [1.54, 1.807) is 0 Å². The van der Waals surface area contributed by atoms with Crippen molar-refractivity contribution in [3.05, 3.63) is 0 Å². The Kier molecular flexibility index (Phi) is 3.06. The van der Waals surface area contributed by atoms with E-state index in [-0.39, 0.29) is 0 Å². The first-order chi connectivity index (χ1) is 3.62. The van der Waals surface area contributed by atoms with Crippen LogP contribution in [0.5, 0.6) is 0 Å². The quantitative estimate of drug-likeness (QED) is 0.506. The van der Waals surface area contributed by atoms with Gasteiger partial charge in [-0.3, -0.25) is 0 Å². The molecule has 0 amide bonds. The summed E-state index contributed by atoms with van der Waals surface area (Å²) in [7, 11) is 3.75. The molecule has 0 aromatic carbocycles. The van der Waals surface area contributed by atoms with Gasteiger partial charge in [0.25, 0.3) is 0 Å². The second-order valence-corrected chi connectivity index (χ2v) is 3.16. The summed E-state index contributed by atoms with van der Waals surface area (Å²) in [4.78, 5) is 0. The van der Waals surface area contributed by atoms with Crippen molar-refractivity contribution in [2.24, 2.45) is 5.41 Å². The van der Waals surface area contributed by atoms with E-state index in [4.69, 9.17) is 0 Å². The fourth-order valence-corrected chi connectivity index (χ4v) is 0.250. The zero-order valence-corrected chi connectivity index (χ0v) is 6.41. The Morgan fingerprint density at radius 3 is 1.25 bits per heavy atom. The molecule has 0 bridgehead atoms. The average molecular weight is 115 g/mol. The predicted octanol–water partition coefficient (Wildman–Crippen LogP) is 1.64. The van der Waals surface area contributed by atoms with Gasteiger partial charge in [-0.05, 0) is 32.4 Å². The van der Waals surface area contributed by atoms with Gasteiger partial charge in [0, 0.05) is 0 Å². The molecule has 1 rings (SSSR count). The van der Waals surface area contributed by atoms with E-state index in [1.165, 1.54) is 12.8 Å². The summed E-state index contributed by atoms with van der Waals surface area (Å²) >= 11 is 0. The zero-order valence-electron chi connectivity index (χ0n) is 6.41. The summed E-state index contributed by atoms with van der Waals surface area (Å²) in [5, 5.41) is 2.75. The zero-order chi connectivity index (χ0) is 6.62. The third-order valence-corrected chi connectivity index (χ3v) is 1.25. The van der Waals surface area contributed by atoms with Gasteiger partial charge < -0.3 is 5.32 Å². The van der Waals surface area contributed by atoms with Crippen molar-refractivity contribution in [2.45, 2.75) is 26.7 Å². The maximum absolute atomic E-state index is 2.75. The Morgan fingerprint density at radius 1 is 1.12 bits per heavy atom. The van der Waals surface area contributed by atoms with Crippen molar-refractivity contribution >= 4 is 0 Å². The van der Waals surface area contributed by atoms with Gasteiger partial charge in [0.05, 0.1) is 0 Å². The second kappa shape index (κ2) is 3.08. The summed E-state index contributed by atoms with van der Waals surface area (Å²) in [6.45, 7) is 4.60. The third-order valence-electron chi connectivity index (χ3n) is 1.25. The standard InChI is InChI=1S/C5H10.C2H7N/c1-5(2)3-4-5;1-3-2/h3-4H2,1-2H3;3H,1-2H3. The lowest BCUT2D eigenvalue weighted by Gasteiger charge is -1.86. The monoisotopic (exact) mass is 115 g/mol. The lowest BCUT2D eigenvalue weighted by Crippen LogP contribution is -1.89. The fraction of sp³-hybridized carbons (Fsp3) is 1.00. The van der Waals surface area contributed by atoms with Crippen LogP contribution in [0.1, 0.15) is 26.7 Å². The van der Waals surface area contributed by atoms with E-state index < -0.39 is 0 Å². The molecule has 0 unspecified atom stereocenters. The van der Waals surface area contributed by atoms with Gasteiger partial charge in [0.1, 0.15) is 0 Å². The van der Waals surface area contributed by atoms with Crippen LogP contribution in [0.15, 0.2) is 0 Å². The van der Waals surface area contributed by atoms with Gasteiger partial charge in [-0.15, -0.1) is 0 Å². The average Bonchev–Trinajstić information content (AvgIpc) is 2.22. The molecule has 0 aromatic heterocycles. The third kappa shape index (κ3) is 5.96. The lowest BCUT2D eigenvalue weighted by molar-refractivity contribution is 0.653. The molecule has 0 heterocycles. The van der Waals surface area contributed by atoms with E-state index in [2.05, 4.69) is 19.2 Å². The van der Waals surface area contributed by atoms with Crippen LogP contribution in [0.25, 0.3) is 0 Å². The van der Waals surface area contributed by atoms with Crippen molar-refractivity contribution in [3.63, 3.8) is 0 Å². The van der Waals surface area contributed by atoms with Crippen LogP contribution >= 0.6 is 0 Å². The Balaban J connectivity index is 0.000000145. The number of rotatable bonds is 0. The Bertz CT molecular complexity index is 51.4. The summed E-state index contributed by atoms with van der Waals surface area (Å²) in [6, 6.07) is 0. The van der Waals surface area contributed by atoms with Gasteiger partial charge in [0.2, 0.25) is 0 Å². The summed E-state index contributed by atoms with van der Waals surface area (Å²) in [6.07, 6.45) is 2.90. The summed E-state index contributed by atoms with van der Waals surface area (Å²) in [5.41, 5.74) is 0.750. The highest BCUT2D eigenvalue weighted by molar-refractivity contribution is 4.82. The molecular formula is C7H17N. The largest absolute Gasteiger partial charge is 0.323 e. The minimum Gasteiger partial charge on any atom is -0.323 e. The van der Waals surface area contributed by atoms with Crippen LogP contribution in [0.3, 0.4) is 0 Å². The highest BCUT2D eigenvalue weighted by Crippen LogP contribution is 2.43. The van der Waals surface area contributed by atoms with E-state index in [9.17, 15) is 0 Å². The highest BCUT2D eigenvalue weighted by Gasteiger charge is 2.30. The first-order valence-corrected chi connectivity index (χ1v) is 3.21. The first-order valence-electron chi connectivity index (χ1n) is 3.21. The van der Waals surface area contributed by atoms with E-state index in [0.717, 1.165) is 5.41 Å². The Labute approximate surface area is 52.5 Å². The molecule has 1 heteroatoms. The normalized spacial score (nSPS) is 21.0. The molecule has 8 heavy (non-hydrogen) atoms. The minimum atomic E-state index is 0.750. The molecule has 0 aromatic rings. The van der Waals surface area contributed by atoms with Crippen LogP contribution in [0.2, 0.25) is 0 Å². The molecule has 0 aliphatic heterocycles. The van der Waals surface area contributed by atoms with Crippen LogP contribution in [0, 0.1) is 5.41 Å².